The average Bonchev–Trinajstić information content (AvgIpc) is 2.77. The highest BCUT2D eigenvalue weighted by Crippen LogP contribution is 2.28. The van der Waals surface area contributed by atoms with Crippen molar-refractivity contribution in [3.8, 4) is 0 Å². The van der Waals surface area contributed by atoms with Crippen LogP contribution >= 0.6 is 11.3 Å². The van der Waals surface area contributed by atoms with Crippen molar-refractivity contribution in [2.75, 3.05) is 51.4 Å². The molecular formula is C12H23N5OS. The smallest absolute Gasteiger partial charge is 0.267 e. The quantitative estimate of drug-likeness (QED) is 0.777. The molecule has 0 unspecified atom stereocenters. The number of hydrogen-bond donors (Lipinski definition) is 2. The third-order valence-corrected chi connectivity index (χ3v) is 3.94. The van der Waals surface area contributed by atoms with Gasteiger partial charge in [0, 0.05) is 33.7 Å². The van der Waals surface area contributed by atoms with Crippen molar-refractivity contribution in [3.63, 3.8) is 0 Å². The molecule has 1 aromatic rings. The summed E-state index contributed by atoms with van der Waals surface area (Å²) in [6.07, 6.45) is 1.03. The molecule has 0 aliphatic rings. The second-order valence-corrected chi connectivity index (χ2v) is 5.44. The Morgan fingerprint density at radius 2 is 2.11 bits per heavy atom. The maximum atomic E-state index is 12.2. The normalized spacial score (nSPS) is 10.5. The van der Waals surface area contributed by atoms with Gasteiger partial charge in [0.2, 0.25) is 0 Å². The summed E-state index contributed by atoms with van der Waals surface area (Å²) < 4.78 is 0. The topological polar surface area (TPSA) is 74.5 Å². The van der Waals surface area contributed by atoms with E-state index in [2.05, 4.69) is 17.2 Å². The van der Waals surface area contributed by atoms with E-state index in [-0.39, 0.29) is 5.91 Å². The number of nitrogens with zero attached hydrogens (tertiary/aromatic N) is 3. The molecule has 108 valence electrons. The van der Waals surface area contributed by atoms with E-state index in [9.17, 15) is 4.79 Å². The number of nitrogens with one attached hydrogen (secondary N) is 1. The van der Waals surface area contributed by atoms with Crippen LogP contribution < -0.4 is 16.0 Å². The molecule has 0 saturated heterocycles. The van der Waals surface area contributed by atoms with Gasteiger partial charge in [0.05, 0.1) is 0 Å². The first-order valence-electron chi connectivity index (χ1n) is 6.38. The SMILES string of the molecule is CCCN(C)c1nc(N)c(C(=O)N(C)CCNC)s1. The van der Waals surface area contributed by atoms with Crippen LogP contribution in [0.3, 0.4) is 0 Å². The Hall–Kier alpha value is -1.34. The van der Waals surface area contributed by atoms with Crippen LogP contribution in [0.1, 0.15) is 23.0 Å². The van der Waals surface area contributed by atoms with Gasteiger partial charge in [0.1, 0.15) is 10.7 Å². The second-order valence-electron chi connectivity index (χ2n) is 4.46. The number of carbonyl (C=O) groups excluding carboxylic acids is 1. The molecule has 0 spiro atoms. The van der Waals surface area contributed by atoms with Gasteiger partial charge in [-0.1, -0.05) is 18.3 Å². The Bertz CT molecular complexity index is 420. The number of amides is 1. The fourth-order valence-electron chi connectivity index (χ4n) is 1.62. The molecule has 19 heavy (non-hydrogen) atoms. The number of likely N-dealkylation sites (N-methyl/N-ethyl adjacent to an activating group) is 2. The predicted molar refractivity (Wildman–Crippen MR) is 81.0 cm³/mol. The van der Waals surface area contributed by atoms with Crippen LogP contribution in [0.25, 0.3) is 0 Å². The summed E-state index contributed by atoms with van der Waals surface area (Å²) >= 11 is 1.36. The van der Waals surface area contributed by atoms with E-state index in [0.717, 1.165) is 24.6 Å². The van der Waals surface area contributed by atoms with E-state index in [1.54, 1.807) is 11.9 Å². The van der Waals surface area contributed by atoms with Gasteiger partial charge in [0.25, 0.3) is 5.91 Å². The minimum atomic E-state index is -0.0681. The van der Waals surface area contributed by atoms with Gasteiger partial charge >= 0.3 is 0 Å². The lowest BCUT2D eigenvalue weighted by Crippen LogP contribution is -2.32. The molecule has 1 heterocycles. The van der Waals surface area contributed by atoms with Gasteiger partial charge in [-0.2, -0.15) is 0 Å². The predicted octanol–water partition coefficient (Wildman–Crippen LogP) is 0.863. The summed E-state index contributed by atoms with van der Waals surface area (Å²) in [4.78, 5) is 20.7. The molecule has 7 heteroatoms. The second kappa shape index (κ2) is 7.30. The number of carbonyl (C=O) groups is 1. The first kappa shape index (κ1) is 15.7. The van der Waals surface area contributed by atoms with Crippen molar-refractivity contribution in [2.24, 2.45) is 0 Å². The van der Waals surface area contributed by atoms with E-state index in [0.29, 0.717) is 17.2 Å². The van der Waals surface area contributed by atoms with E-state index < -0.39 is 0 Å². The number of thiazole rings is 1. The van der Waals surface area contributed by atoms with Crippen LogP contribution in [0.5, 0.6) is 0 Å². The summed E-state index contributed by atoms with van der Waals surface area (Å²) in [6, 6.07) is 0. The van der Waals surface area contributed by atoms with Crippen molar-refractivity contribution in [2.45, 2.75) is 13.3 Å². The minimum Gasteiger partial charge on any atom is -0.382 e. The van der Waals surface area contributed by atoms with E-state index in [1.165, 1.54) is 11.3 Å². The van der Waals surface area contributed by atoms with Crippen LogP contribution in [0, 0.1) is 0 Å². The van der Waals surface area contributed by atoms with Crippen molar-refractivity contribution >= 4 is 28.2 Å². The highest BCUT2D eigenvalue weighted by Gasteiger charge is 2.20. The summed E-state index contributed by atoms with van der Waals surface area (Å²) in [5.74, 6) is 0.255. The number of aromatic nitrogens is 1. The van der Waals surface area contributed by atoms with Crippen LogP contribution in [0.15, 0.2) is 0 Å². The number of hydrogen-bond acceptors (Lipinski definition) is 6. The van der Waals surface area contributed by atoms with Crippen molar-refractivity contribution in [1.82, 2.24) is 15.2 Å². The average molecular weight is 285 g/mol. The number of rotatable bonds is 7. The monoisotopic (exact) mass is 285 g/mol. The zero-order chi connectivity index (χ0) is 14.4. The van der Waals surface area contributed by atoms with Crippen LogP contribution in [0.2, 0.25) is 0 Å². The Labute approximate surface area is 118 Å². The van der Waals surface area contributed by atoms with Crippen molar-refractivity contribution < 1.29 is 4.79 Å². The summed E-state index contributed by atoms with van der Waals surface area (Å²) in [7, 11) is 5.59. The fraction of sp³-hybridized carbons (Fsp3) is 0.667. The molecule has 1 aromatic heterocycles. The van der Waals surface area contributed by atoms with Gasteiger partial charge in [-0.3, -0.25) is 4.79 Å². The molecular weight excluding hydrogens is 262 g/mol. The molecule has 0 atom stereocenters. The summed E-state index contributed by atoms with van der Waals surface area (Å²) in [5, 5.41) is 3.81. The molecule has 0 saturated carbocycles. The van der Waals surface area contributed by atoms with Gasteiger partial charge in [-0.15, -0.1) is 0 Å². The van der Waals surface area contributed by atoms with Gasteiger partial charge in [0.15, 0.2) is 5.13 Å². The molecule has 0 bridgehead atoms. The lowest BCUT2D eigenvalue weighted by Gasteiger charge is -2.16. The van der Waals surface area contributed by atoms with Crippen molar-refractivity contribution in [1.29, 1.82) is 0 Å². The molecule has 3 N–H and O–H groups in total. The highest BCUT2D eigenvalue weighted by atomic mass is 32.1. The Morgan fingerprint density at radius 1 is 1.42 bits per heavy atom. The lowest BCUT2D eigenvalue weighted by molar-refractivity contribution is 0.0802. The molecule has 1 rings (SSSR count). The Morgan fingerprint density at radius 3 is 2.68 bits per heavy atom. The highest BCUT2D eigenvalue weighted by molar-refractivity contribution is 7.18. The van der Waals surface area contributed by atoms with Gasteiger partial charge in [-0.05, 0) is 13.5 Å². The first-order valence-corrected chi connectivity index (χ1v) is 7.20. The fourth-order valence-corrected chi connectivity index (χ4v) is 2.59. The van der Waals surface area contributed by atoms with Crippen molar-refractivity contribution in [3.05, 3.63) is 4.88 Å². The first-order chi connectivity index (χ1) is 9.01. The van der Waals surface area contributed by atoms with Crippen LogP contribution in [-0.4, -0.2) is 56.6 Å². The van der Waals surface area contributed by atoms with E-state index in [4.69, 9.17) is 5.73 Å². The van der Waals surface area contributed by atoms with Crippen LogP contribution in [0.4, 0.5) is 10.9 Å². The third kappa shape index (κ3) is 4.07. The maximum absolute atomic E-state index is 12.2. The Balaban J connectivity index is 2.80. The molecule has 0 aliphatic heterocycles. The molecule has 0 radical (unpaired) electrons. The van der Waals surface area contributed by atoms with Crippen LogP contribution in [-0.2, 0) is 0 Å². The van der Waals surface area contributed by atoms with E-state index in [1.807, 2.05) is 19.0 Å². The summed E-state index contributed by atoms with van der Waals surface area (Å²) in [5.41, 5.74) is 5.85. The molecule has 0 aliphatic carbocycles. The third-order valence-electron chi connectivity index (χ3n) is 2.77. The zero-order valence-electron chi connectivity index (χ0n) is 12.1. The maximum Gasteiger partial charge on any atom is 0.267 e. The molecule has 0 fully saturated rings. The minimum absolute atomic E-state index is 0.0681. The number of anilines is 2. The largest absolute Gasteiger partial charge is 0.382 e. The lowest BCUT2D eigenvalue weighted by atomic mass is 10.4. The summed E-state index contributed by atoms with van der Waals surface area (Å²) in [6.45, 7) is 4.40. The zero-order valence-corrected chi connectivity index (χ0v) is 12.9. The molecule has 6 nitrogen and oxygen atoms in total. The number of nitrogen functional groups attached to an aromatic ring is 1. The molecule has 1 amide bonds. The molecule has 0 aromatic carbocycles. The van der Waals surface area contributed by atoms with Gasteiger partial charge in [-0.25, -0.2) is 4.98 Å². The van der Waals surface area contributed by atoms with Gasteiger partial charge < -0.3 is 20.9 Å². The standard InChI is InChI=1S/C12H23N5OS/c1-5-7-17(4)12-15-10(13)9(19-12)11(18)16(3)8-6-14-2/h14H,5-8,13H2,1-4H3. The Kier molecular flexibility index (Phi) is 6.04. The van der Waals surface area contributed by atoms with E-state index >= 15 is 0 Å². The number of nitrogens with two attached hydrogens (primary N) is 1.